The number of hydrogen-bond donors (Lipinski definition) is 0. The van der Waals surface area contributed by atoms with Gasteiger partial charge in [-0.2, -0.15) is 0 Å². The molecule has 0 spiro atoms. The smallest absolute Gasteiger partial charge is 0.0270 e. The van der Waals surface area contributed by atoms with Gasteiger partial charge in [0.25, 0.3) is 0 Å². The van der Waals surface area contributed by atoms with Gasteiger partial charge in [-0.05, 0) is 49.1 Å². The van der Waals surface area contributed by atoms with E-state index in [1.54, 1.807) is 0 Å². The third kappa shape index (κ3) is 5.14. The fourth-order valence-corrected chi connectivity index (χ4v) is 2.42. The van der Waals surface area contributed by atoms with Crippen LogP contribution in [-0.2, 0) is 12.8 Å². The Labute approximate surface area is 122 Å². The van der Waals surface area contributed by atoms with Crippen LogP contribution in [0.1, 0.15) is 24.5 Å². The molecule has 0 aliphatic heterocycles. The molecule has 1 aromatic carbocycles. The van der Waals surface area contributed by atoms with Crippen LogP contribution in [-0.4, -0.2) is 29.5 Å². The Morgan fingerprint density at radius 1 is 0.800 bits per heavy atom. The maximum Gasteiger partial charge on any atom is 0.0270 e. The summed E-state index contributed by atoms with van der Waals surface area (Å²) < 4.78 is 0. The van der Waals surface area contributed by atoms with Gasteiger partial charge >= 0.3 is 0 Å². The third-order valence-electron chi connectivity index (χ3n) is 3.57. The summed E-state index contributed by atoms with van der Waals surface area (Å²) in [6.45, 7) is 5.70. The molecule has 0 atom stereocenters. The minimum atomic E-state index is 1.11. The Bertz CT molecular complexity index is 424. The van der Waals surface area contributed by atoms with Gasteiger partial charge in [-0.25, -0.2) is 0 Å². The Kier molecular flexibility index (Phi) is 6.25. The Hall–Kier alpha value is -1.67. The molecular formula is C18H24N2. The Morgan fingerprint density at radius 3 is 2.00 bits per heavy atom. The van der Waals surface area contributed by atoms with E-state index in [4.69, 9.17) is 0 Å². The van der Waals surface area contributed by atoms with Crippen molar-refractivity contribution in [3.63, 3.8) is 0 Å². The molecule has 20 heavy (non-hydrogen) atoms. The van der Waals surface area contributed by atoms with Crippen molar-refractivity contribution in [2.45, 2.75) is 26.2 Å². The predicted molar refractivity (Wildman–Crippen MR) is 84.8 cm³/mol. The second-order valence-corrected chi connectivity index (χ2v) is 5.18. The topological polar surface area (TPSA) is 16.1 Å². The zero-order chi connectivity index (χ0) is 14.0. The van der Waals surface area contributed by atoms with Gasteiger partial charge in [0, 0.05) is 25.5 Å². The number of hydrogen-bond acceptors (Lipinski definition) is 2. The normalized spacial score (nSPS) is 10.9. The van der Waals surface area contributed by atoms with Crippen molar-refractivity contribution in [1.82, 2.24) is 9.88 Å². The van der Waals surface area contributed by atoms with E-state index in [0.717, 1.165) is 25.9 Å². The monoisotopic (exact) mass is 268 g/mol. The van der Waals surface area contributed by atoms with Crippen molar-refractivity contribution in [2.75, 3.05) is 19.6 Å². The van der Waals surface area contributed by atoms with Crippen molar-refractivity contribution in [1.29, 1.82) is 0 Å². The molecule has 0 amide bonds. The van der Waals surface area contributed by atoms with Crippen LogP contribution in [0.4, 0.5) is 0 Å². The van der Waals surface area contributed by atoms with Crippen LogP contribution in [0.15, 0.2) is 54.9 Å². The predicted octanol–water partition coefficient (Wildman–Crippen LogP) is 3.58. The molecule has 2 nitrogen and oxygen atoms in total. The summed E-state index contributed by atoms with van der Waals surface area (Å²) in [6, 6.07) is 15.0. The number of pyridine rings is 1. The van der Waals surface area contributed by atoms with Crippen LogP contribution < -0.4 is 0 Å². The highest BCUT2D eigenvalue weighted by atomic mass is 15.1. The summed E-state index contributed by atoms with van der Waals surface area (Å²) >= 11 is 0. The molecule has 2 heteroatoms. The van der Waals surface area contributed by atoms with Crippen molar-refractivity contribution in [2.24, 2.45) is 0 Å². The fourth-order valence-electron chi connectivity index (χ4n) is 2.42. The van der Waals surface area contributed by atoms with Crippen molar-refractivity contribution in [3.8, 4) is 0 Å². The van der Waals surface area contributed by atoms with Gasteiger partial charge < -0.3 is 4.90 Å². The van der Waals surface area contributed by atoms with Crippen LogP contribution in [0, 0.1) is 0 Å². The summed E-state index contributed by atoms with van der Waals surface area (Å²) in [4.78, 5) is 6.63. The first-order valence-electron chi connectivity index (χ1n) is 7.53. The summed E-state index contributed by atoms with van der Waals surface area (Å²) in [5, 5.41) is 0. The molecule has 0 N–H and O–H groups in total. The SMILES string of the molecule is CCCN(CCc1ccccc1)CCc1ccncc1. The number of rotatable bonds is 8. The van der Waals surface area contributed by atoms with Crippen molar-refractivity contribution >= 4 is 0 Å². The second kappa shape index (κ2) is 8.49. The maximum atomic E-state index is 4.07. The summed E-state index contributed by atoms with van der Waals surface area (Å²) in [5.41, 5.74) is 2.80. The van der Waals surface area contributed by atoms with E-state index in [2.05, 4.69) is 59.3 Å². The van der Waals surface area contributed by atoms with E-state index in [9.17, 15) is 0 Å². The largest absolute Gasteiger partial charge is 0.303 e. The average molecular weight is 268 g/mol. The zero-order valence-corrected chi connectivity index (χ0v) is 12.3. The first-order valence-corrected chi connectivity index (χ1v) is 7.53. The van der Waals surface area contributed by atoms with E-state index in [1.165, 1.54) is 24.1 Å². The molecule has 106 valence electrons. The number of nitrogens with zero attached hydrogens (tertiary/aromatic N) is 2. The van der Waals surface area contributed by atoms with E-state index in [-0.39, 0.29) is 0 Å². The van der Waals surface area contributed by atoms with Crippen molar-refractivity contribution < 1.29 is 0 Å². The van der Waals surface area contributed by atoms with E-state index >= 15 is 0 Å². The lowest BCUT2D eigenvalue weighted by molar-refractivity contribution is 0.281. The van der Waals surface area contributed by atoms with E-state index < -0.39 is 0 Å². The number of aromatic nitrogens is 1. The standard InChI is InChI=1S/C18H24N2/c1-2-14-20(15-10-17-6-4-3-5-7-17)16-11-18-8-12-19-13-9-18/h3-9,12-13H,2,10-11,14-16H2,1H3. The van der Waals surface area contributed by atoms with Gasteiger partial charge in [0.05, 0.1) is 0 Å². The Morgan fingerprint density at radius 2 is 1.40 bits per heavy atom. The highest BCUT2D eigenvalue weighted by Gasteiger charge is 2.04. The average Bonchev–Trinajstić information content (AvgIpc) is 2.52. The van der Waals surface area contributed by atoms with Gasteiger partial charge in [-0.1, -0.05) is 37.3 Å². The molecular weight excluding hydrogens is 244 g/mol. The zero-order valence-electron chi connectivity index (χ0n) is 12.3. The van der Waals surface area contributed by atoms with Gasteiger partial charge in [-0.3, -0.25) is 4.98 Å². The van der Waals surface area contributed by atoms with Gasteiger partial charge in [0.1, 0.15) is 0 Å². The summed E-state index contributed by atoms with van der Waals surface area (Å²) in [7, 11) is 0. The lowest BCUT2D eigenvalue weighted by atomic mass is 10.1. The van der Waals surface area contributed by atoms with Gasteiger partial charge in [-0.15, -0.1) is 0 Å². The molecule has 0 unspecified atom stereocenters. The molecule has 0 saturated heterocycles. The van der Waals surface area contributed by atoms with Crippen LogP contribution in [0.2, 0.25) is 0 Å². The number of benzene rings is 1. The summed E-state index contributed by atoms with van der Waals surface area (Å²) in [5.74, 6) is 0. The molecule has 0 saturated carbocycles. The van der Waals surface area contributed by atoms with E-state index in [1.807, 2.05) is 12.4 Å². The van der Waals surface area contributed by atoms with E-state index in [0.29, 0.717) is 0 Å². The molecule has 0 bridgehead atoms. The first kappa shape index (κ1) is 14.7. The van der Waals surface area contributed by atoms with Crippen LogP contribution in [0.3, 0.4) is 0 Å². The summed E-state index contributed by atoms with van der Waals surface area (Å²) in [6.07, 6.45) is 7.21. The maximum absolute atomic E-state index is 4.07. The lowest BCUT2D eigenvalue weighted by Crippen LogP contribution is -2.29. The van der Waals surface area contributed by atoms with Gasteiger partial charge in [0.15, 0.2) is 0 Å². The second-order valence-electron chi connectivity index (χ2n) is 5.18. The molecule has 0 aliphatic carbocycles. The fraction of sp³-hybridized carbons (Fsp3) is 0.389. The molecule has 2 aromatic rings. The Balaban J connectivity index is 1.81. The highest BCUT2D eigenvalue weighted by molar-refractivity contribution is 5.15. The third-order valence-corrected chi connectivity index (χ3v) is 3.57. The highest BCUT2D eigenvalue weighted by Crippen LogP contribution is 2.04. The molecule has 1 heterocycles. The van der Waals surface area contributed by atoms with Crippen LogP contribution >= 0.6 is 0 Å². The minimum absolute atomic E-state index is 1.11. The first-order chi connectivity index (χ1) is 9.88. The van der Waals surface area contributed by atoms with Crippen LogP contribution in [0.25, 0.3) is 0 Å². The molecule has 0 fully saturated rings. The van der Waals surface area contributed by atoms with Crippen molar-refractivity contribution in [3.05, 3.63) is 66.0 Å². The van der Waals surface area contributed by atoms with Gasteiger partial charge in [0.2, 0.25) is 0 Å². The molecule has 1 aromatic heterocycles. The lowest BCUT2D eigenvalue weighted by Gasteiger charge is -2.21. The molecule has 0 aliphatic rings. The molecule has 0 radical (unpaired) electrons. The van der Waals surface area contributed by atoms with Crippen LogP contribution in [0.5, 0.6) is 0 Å². The molecule has 2 rings (SSSR count). The minimum Gasteiger partial charge on any atom is -0.303 e. The quantitative estimate of drug-likeness (QED) is 0.727.